The molecule has 114 valence electrons. The smallest absolute Gasteiger partial charge is 0.0897 e. The second kappa shape index (κ2) is 11.3. The molecule has 2 unspecified atom stereocenters. The predicted molar refractivity (Wildman–Crippen MR) is 87.3 cm³/mol. The molecule has 19 heavy (non-hydrogen) atoms. The van der Waals surface area contributed by atoms with Gasteiger partial charge in [0.15, 0.2) is 0 Å². The highest BCUT2D eigenvalue weighted by Gasteiger charge is 2.14. The molecule has 1 fully saturated rings. The van der Waals surface area contributed by atoms with Crippen LogP contribution in [0.1, 0.15) is 26.7 Å². The van der Waals surface area contributed by atoms with Gasteiger partial charge in [-0.15, -0.1) is 0 Å². The third kappa shape index (κ3) is 10.0. The number of aliphatic hydroxyl groups excluding tert-OH is 1. The van der Waals surface area contributed by atoms with Gasteiger partial charge in [0, 0.05) is 42.2 Å². The van der Waals surface area contributed by atoms with E-state index in [0.29, 0.717) is 18.4 Å². The van der Waals surface area contributed by atoms with Gasteiger partial charge in [-0.25, -0.2) is 0 Å². The van der Waals surface area contributed by atoms with E-state index in [2.05, 4.69) is 19.2 Å². The van der Waals surface area contributed by atoms with E-state index in [1.165, 1.54) is 23.7 Å². The van der Waals surface area contributed by atoms with Crippen molar-refractivity contribution in [3.63, 3.8) is 0 Å². The van der Waals surface area contributed by atoms with Crippen molar-refractivity contribution in [2.75, 3.05) is 43.6 Å². The molecule has 0 aromatic heterocycles. The largest absolute Gasteiger partial charge is 0.389 e. The molecule has 0 aromatic rings. The molecular weight excluding hydrogens is 278 g/mol. The highest BCUT2D eigenvalue weighted by atomic mass is 32.2. The number of aliphatic hydroxyl groups is 1. The minimum Gasteiger partial charge on any atom is -0.389 e. The maximum atomic E-state index is 9.79. The van der Waals surface area contributed by atoms with E-state index in [9.17, 15) is 5.11 Å². The van der Waals surface area contributed by atoms with E-state index in [1.807, 2.05) is 23.5 Å². The van der Waals surface area contributed by atoms with Crippen LogP contribution in [0.4, 0.5) is 0 Å². The fraction of sp³-hybridized carbons (Fsp3) is 1.00. The molecule has 2 N–H and O–H groups in total. The summed E-state index contributed by atoms with van der Waals surface area (Å²) in [6, 6.07) is 0. The van der Waals surface area contributed by atoms with Crippen LogP contribution in [-0.4, -0.2) is 60.0 Å². The number of rotatable bonds is 10. The molecule has 1 heterocycles. The average molecular weight is 308 g/mol. The quantitative estimate of drug-likeness (QED) is 0.606. The molecule has 0 radical (unpaired) electrons. The molecule has 0 aromatic carbocycles. The van der Waals surface area contributed by atoms with E-state index in [4.69, 9.17) is 4.74 Å². The maximum absolute atomic E-state index is 9.79. The van der Waals surface area contributed by atoms with Gasteiger partial charge in [0.2, 0.25) is 0 Å². The Morgan fingerprint density at radius 3 is 2.89 bits per heavy atom. The number of ether oxygens (including phenoxy) is 1. The summed E-state index contributed by atoms with van der Waals surface area (Å²) >= 11 is 4.08. The minimum absolute atomic E-state index is 0.375. The van der Waals surface area contributed by atoms with Crippen molar-refractivity contribution in [2.24, 2.45) is 5.92 Å². The number of hydrogen-bond donors (Lipinski definition) is 2. The molecule has 0 saturated carbocycles. The molecule has 1 rings (SSSR count). The Balaban J connectivity index is 1.88. The maximum Gasteiger partial charge on any atom is 0.0897 e. The van der Waals surface area contributed by atoms with Gasteiger partial charge in [0.1, 0.15) is 0 Å². The van der Waals surface area contributed by atoms with Crippen molar-refractivity contribution in [1.82, 2.24) is 5.32 Å². The first-order valence-electron chi connectivity index (χ1n) is 7.34. The molecule has 0 bridgehead atoms. The van der Waals surface area contributed by atoms with E-state index in [1.54, 1.807) is 0 Å². The molecule has 1 aliphatic heterocycles. The number of thioether (sulfide) groups is 2. The Bertz CT molecular complexity index is 212. The second-order valence-electron chi connectivity index (χ2n) is 5.49. The summed E-state index contributed by atoms with van der Waals surface area (Å²) in [5.74, 6) is 4.52. The lowest BCUT2D eigenvalue weighted by molar-refractivity contribution is 0.0349. The average Bonchev–Trinajstić information content (AvgIpc) is 2.39. The molecular formula is C14H29NO2S2. The van der Waals surface area contributed by atoms with Crippen LogP contribution in [0.25, 0.3) is 0 Å². The van der Waals surface area contributed by atoms with Crippen molar-refractivity contribution in [2.45, 2.75) is 38.0 Å². The van der Waals surface area contributed by atoms with Gasteiger partial charge in [-0.3, -0.25) is 0 Å². The minimum atomic E-state index is -0.375. The summed E-state index contributed by atoms with van der Waals surface area (Å²) in [5, 5.41) is 13.8. The lowest BCUT2D eigenvalue weighted by Gasteiger charge is -2.22. The van der Waals surface area contributed by atoms with Gasteiger partial charge in [0.25, 0.3) is 0 Å². The van der Waals surface area contributed by atoms with Crippen LogP contribution in [-0.2, 0) is 4.74 Å². The van der Waals surface area contributed by atoms with Crippen LogP contribution in [0.3, 0.4) is 0 Å². The first kappa shape index (κ1) is 17.6. The van der Waals surface area contributed by atoms with Crippen molar-refractivity contribution < 1.29 is 9.84 Å². The van der Waals surface area contributed by atoms with Gasteiger partial charge < -0.3 is 15.2 Å². The molecule has 5 heteroatoms. The second-order valence-corrected chi connectivity index (χ2v) is 8.05. The third-order valence-electron chi connectivity index (χ3n) is 3.02. The van der Waals surface area contributed by atoms with E-state index in [-0.39, 0.29) is 6.10 Å². The van der Waals surface area contributed by atoms with Crippen LogP contribution >= 0.6 is 23.5 Å². The lowest BCUT2D eigenvalue weighted by Crippen LogP contribution is -2.36. The van der Waals surface area contributed by atoms with Crippen molar-refractivity contribution >= 4 is 23.5 Å². The van der Waals surface area contributed by atoms with Crippen LogP contribution in [0.5, 0.6) is 0 Å². The standard InChI is InChI=1S/C14H29NO2S2/c1-12(2)4-3-5-17-10-13(16)8-15-9-14-11-18-6-7-19-14/h12-16H,3-11H2,1-2H3. The molecule has 0 aliphatic carbocycles. The van der Waals surface area contributed by atoms with Crippen LogP contribution in [0, 0.1) is 5.92 Å². The predicted octanol–water partition coefficient (Wildman–Crippen LogP) is 2.24. The van der Waals surface area contributed by atoms with Crippen molar-refractivity contribution in [3.8, 4) is 0 Å². The zero-order valence-corrected chi connectivity index (χ0v) is 13.9. The Morgan fingerprint density at radius 1 is 1.37 bits per heavy atom. The molecule has 2 atom stereocenters. The highest BCUT2D eigenvalue weighted by molar-refractivity contribution is 8.06. The fourth-order valence-electron chi connectivity index (χ4n) is 1.94. The summed E-state index contributed by atoms with van der Waals surface area (Å²) in [7, 11) is 0. The van der Waals surface area contributed by atoms with E-state index < -0.39 is 0 Å². The third-order valence-corrected chi connectivity index (χ3v) is 5.86. The zero-order valence-electron chi connectivity index (χ0n) is 12.3. The lowest BCUT2D eigenvalue weighted by atomic mass is 10.1. The van der Waals surface area contributed by atoms with Gasteiger partial charge in [0.05, 0.1) is 12.7 Å². The first-order chi connectivity index (χ1) is 9.18. The Labute approximate surface area is 126 Å². The molecule has 3 nitrogen and oxygen atoms in total. The van der Waals surface area contributed by atoms with Gasteiger partial charge in [-0.05, 0) is 18.8 Å². The fourth-order valence-corrected chi connectivity index (χ4v) is 4.58. The molecule has 1 aliphatic rings. The van der Waals surface area contributed by atoms with Crippen LogP contribution < -0.4 is 5.32 Å². The van der Waals surface area contributed by atoms with Crippen molar-refractivity contribution in [3.05, 3.63) is 0 Å². The summed E-state index contributed by atoms with van der Waals surface area (Å²) in [4.78, 5) is 0. The molecule has 1 saturated heterocycles. The SMILES string of the molecule is CC(C)CCCOCC(O)CNCC1CSCCS1. The Morgan fingerprint density at radius 2 is 2.21 bits per heavy atom. The highest BCUT2D eigenvalue weighted by Crippen LogP contribution is 2.23. The van der Waals surface area contributed by atoms with E-state index >= 15 is 0 Å². The normalized spacial score (nSPS) is 21.8. The zero-order chi connectivity index (χ0) is 13.9. The van der Waals surface area contributed by atoms with Gasteiger partial charge in [-0.1, -0.05) is 13.8 Å². The number of hydrogen-bond acceptors (Lipinski definition) is 5. The van der Waals surface area contributed by atoms with Gasteiger partial charge >= 0.3 is 0 Å². The summed E-state index contributed by atoms with van der Waals surface area (Å²) < 4.78 is 5.49. The molecule has 0 spiro atoms. The summed E-state index contributed by atoms with van der Waals surface area (Å²) in [6.07, 6.45) is 1.92. The summed E-state index contributed by atoms with van der Waals surface area (Å²) in [5.41, 5.74) is 0. The van der Waals surface area contributed by atoms with E-state index in [0.717, 1.165) is 25.5 Å². The topological polar surface area (TPSA) is 41.5 Å². The monoisotopic (exact) mass is 307 g/mol. The van der Waals surface area contributed by atoms with Crippen LogP contribution in [0.2, 0.25) is 0 Å². The molecule has 0 amide bonds. The van der Waals surface area contributed by atoms with Crippen molar-refractivity contribution in [1.29, 1.82) is 0 Å². The van der Waals surface area contributed by atoms with Crippen LogP contribution in [0.15, 0.2) is 0 Å². The Kier molecular flexibility index (Phi) is 10.5. The Hall–Kier alpha value is 0.580. The first-order valence-corrected chi connectivity index (χ1v) is 9.54. The summed E-state index contributed by atoms with van der Waals surface area (Å²) in [6.45, 7) is 7.32. The number of nitrogens with one attached hydrogen (secondary N) is 1. The van der Waals surface area contributed by atoms with Gasteiger partial charge in [-0.2, -0.15) is 23.5 Å².